The maximum atomic E-state index is 12.4. The molecule has 1 saturated heterocycles. The Morgan fingerprint density at radius 2 is 2.43 bits per heavy atom. The Morgan fingerprint density at radius 1 is 1.64 bits per heavy atom. The van der Waals surface area contributed by atoms with Crippen LogP contribution in [-0.2, 0) is 13.8 Å². The van der Waals surface area contributed by atoms with E-state index in [0.29, 0.717) is 25.9 Å². The van der Waals surface area contributed by atoms with Crippen molar-refractivity contribution >= 4 is 7.37 Å². The highest BCUT2D eigenvalue weighted by molar-refractivity contribution is 7.59. The highest BCUT2D eigenvalue weighted by Gasteiger charge is 2.36. The summed E-state index contributed by atoms with van der Waals surface area (Å²) in [6, 6.07) is 0. The fraction of sp³-hybridized carbons (Fsp3) is 1.00. The summed E-state index contributed by atoms with van der Waals surface area (Å²) in [5.74, 6) is -0.172. The van der Waals surface area contributed by atoms with E-state index in [9.17, 15) is 4.57 Å². The quantitative estimate of drug-likeness (QED) is 0.694. The molecule has 84 valence electrons. The second-order valence-electron chi connectivity index (χ2n) is 3.48. The third-order valence-corrected chi connectivity index (χ3v) is 5.29. The van der Waals surface area contributed by atoms with Gasteiger partial charge in [0.1, 0.15) is 5.85 Å². The van der Waals surface area contributed by atoms with E-state index in [1.807, 2.05) is 6.92 Å². The molecule has 2 N–H and O–H groups in total. The molecule has 0 bridgehead atoms. The summed E-state index contributed by atoms with van der Waals surface area (Å²) in [5.41, 5.74) is 5.41. The lowest BCUT2D eigenvalue weighted by Crippen LogP contribution is -2.14. The van der Waals surface area contributed by atoms with Gasteiger partial charge in [-0.3, -0.25) is 4.57 Å². The van der Waals surface area contributed by atoms with Gasteiger partial charge < -0.3 is 15.0 Å². The topological polar surface area (TPSA) is 61.5 Å². The van der Waals surface area contributed by atoms with E-state index in [4.69, 9.17) is 15.0 Å². The number of rotatable bonds is 6. The summed E-state index contributed by atoms with van der Waals surface area (Å²) in [4.78, 5) is 0. The average molecular weight is 221 g/mol. The molecule has 1 heterocycles. The normalized spacial score (nSPS) is 26.3. The molecule has 0 aromatic heterocycles. The number of hydrogen-bond donors (Lipinski definition) is 1. The average Bonchev–Trinajstić information content (AvgIpc) is 2.68. The Balaban J connectivity index is 2.54. The van der Waals surface area contributed by atoms with Crippen LogP contribution in [0.15, 0.2) is 0 Å². The van der Waals surface area contributed by atoms with E-state index in [0.717, 1.165) is 19.3 Å². The molecule has 0 aliphatic carbocycles. The zero-order chi connectivity index (χ0) is 10.4. The number of hydrogen-bond acceptors (Lipinski definition) is 4. The molecule has 14 heavy (non-hydrogen) atoms. The van der Waals surface area contributed by atoms with Crippen molar-refractivity contribution in [3.63, 3.8) is 0 Å². The van der Waals surface area contributed by atoms with Crippen LogP contribution in [0.25, 0.3) is 0 Å². The molecule has 2 atom stereocenters. The Morgan fingerprint density at radius 3 is 2.93 bits per heavy atom. The first kappa shape index (κ1) is 12.2. The van der Waals surface area contributed by atoms with Gasteiger partial charge in [0.15, 0.2) is 0 Å². The molecule has 1 aliphatic rings. The number of ether oxygens (including phenoxy) is 1. The van der Waals surface area contributed by atoms with Gasteiger partial charge in [0, 0.05) is 12.8 Å². The maximum Gasteiger partial charge on any atom is 0.231 e. The van der Waals surface area contributed by atoms with Crippen molar-refractivity contribution in [2.24, 2.45) is 5.73 Å². The minimum absolute atomic E-state index is 0.172. The molecular weight excluding hydrogens is 201 g/mol. The zero-order valence-electron chi connectivity index (χ0n) is 8.78. The van der Waals surface area contributed by atoms with Crippen LogP contribution in [0.1, 0.15) is 26.2 Å². The largest absolute Gasteiger partial charge is 0.368 e. The van der Waals surface area contributed by atoms with Crippen molar-refractivity contribution in [2.75, 3.05) is 25.9 Å². The highest BCUT2D eigenvalue weighted by Crippen LogP contribution is 2.55. The minimum atomic E-state index is -2.59. The van der Waals surface area contributed by atoms with Gasteiger partial charge >= 0.3 is 0 Å². The van der Waals surface area contributed by atoms with Crippen LogP contribution < -0.4 is 5.73 Å². The van der Waals surface area contributed by atoms with Crippen molar-refractivity contribution < 1.29 is 13.8 Å². The Kier molecular flexibility index (Phi) is 5.10. The first-order chi connectivity index (χ1) is 6.73. The Bertz CT molecular complexity index is 204. The third kappa shape index (κ3) is 3.06. The van der Waals surface area contributed by atoms with Crippen LogP contribution in [0.3, 0.4) is 0 Å². The van der Waals surface area contributed by atoms with Crippen molar-refractivity contribution in [3.8, 4) is 0 Å². The molecular formula is C9H20NO3P. The molecule has 4 nitrogen and oxygen atoms in total. The summed E-state index contributed by atoms with van der Waals surface area (Å²) >= 11 is 0. The highest BCUT2D eigenvalue weighted by atomic mass is 31.2. The standard InChI is InChI=1S/C9H20NO3P/c1-2-13-14(11,8-4-6-10)9-5-3-7-12-9/h9H,2-8,10H2,1H3. The minimum Gasteiger partial charge on any atom is -0.368 e. The van der Waals surface area contributed by atoms with Crippen molar-refractivity contribution in [1.29, 1.82) is 0 Å². The lowest BCUT2D eigenvalue weighted by molar-refractivity contribution is 0.147. The second kappa shape index (κ2) is 5.86. The van der Waals surface area contributed by atoms with Crippen molar-refractivity contribution in [2.45, 2.75) is 32.0 Å². The zero-order valence-corrected chi connectivity index (χ0v) is 9.67. The monoisotopic (exact) mass is 221 g/mol. The molecule has 0 spiro atoms. The van der Waals surface area contributed by atoms with Crippen LogP contribution in [-0.4, -0.2) is 31.8 Å². The summed E-state index contributed by atoms with van der Waals surface area (Å²) in [6.07, 6.45) is 3.16. The lowest BCUT2D eigenvalue weighted by Gasteiger charge is -2.22. The predicted molar refractivity (Wildman–Crippen MR) is 56.7 cm³/mol. The van der Waals surface area contributed by atoms with Gasteiger partial charge in [-0.15, -0.1) is 0 Å². The summed E-state index contributed by atoms with van der Waals surface area (Å²) in [5, 5.41) is 0. The van der Waals surface area contributed by atoms with Crippen LogP contribution in [0.2, 0.25) is 0 Å². The summed E-state index contributed by atoms with van der Waals surface area (Å²) in [7, 11) is -2.59. The fourth-order valence-electron chi connectivity index (χ4n) is 1.69. The lowest BCUT2D eigenvalue weighted by atomic mass is 10.4. The molecule has 0 radical (unpaired) electrons. The fourth-order valence-corrected chi connectivity index (χ4v) is 4.25. The van der Waals surface area contributed by atoms with Crippen molar-refractivity contribution in [3.05, 3.63) is 0 Å². The van der Waals surface area contributed by atoms with E-state index >= 15 is 0 Å². The predicted octanol–water partition coefficient (Wildman–Crippen LogP) is 1.79. The Hall–Kier alpha value is 0.110. The Labute approximate surface area is 85.6 Å². The van der Waals surface area contributed by atoms with Crippen LogP contribution in [0.5, 0.6) is 0 Å². The SMILES string of the molecule is CCOP(=O)(CCCN)C1CCCO1. The van der Waals surface area contributed by atoms with E-state index in [1.165, 1.54) is 0 Å². The molecule has 0 saturated carbocycles. The van der Waals surface area contributed by atoms with E-state index in [2.05, 4.69) is 0 Å². The summed E-state index contributed by atoms with van der Waals surface area (Å²) in [6.45, 7) is 3.62. The van der Waals surface area contributed by atoms with Gasteiger partial charge in [-0.1, -0.05) is 0 Å². The smallest absolute Gasteiger partial charge is 0.231 e. The number of nitrogens with two attached hydrogens (primary N) is 1. The second-order valence-corrected chi connectivity index (χ2v) is 6.21. The molecule has 1 aliphatic heterocycles. The van der Waals surface area contributed by atoms with Gasteiger partial charge in [-0.25, -0.2) is 0 Å². The van der Waals surface area contributed by atoms with E-state index < -0.39 is 7.37 Å². The molecule has 0 aromatic carbocycles. The molecule has 1 rings (SSSR count). The third-order valence-electron chi connectivity index (χ3n) is 2.37. The van der Waals surface area contributed by atoms with Gasteiger partial charge in [-0.05, 0) is 32.7 Å². The van der Waals surface area contributed by atoms with Crippen LogP contribution in [0, 0.1) is 0 Å². The van der Waals surface area contributed by atoms with Gasteiger partial charge in [-0.2, -0.15) is 0 Å². The van der Waals surface area contributed by atoms with Gasteiger partial charge in [0.05, 0.1) is 6.61 Å². The molecule has 2 unspecified atom stereocenters. The first-order valence-electron chi connectivity index (χ1n) is 5.28. The molecule has 0 aromatic rings. The van der Waals surface area contributed by atoms with Crippen LogP contribution >= 0.6 is 7.37 Å². The molecule has 0 amide bonds. The van der Waals surface area contributed by atoms with E-state index in [1.54, 1.807) is 0 Å². The van der Waals surface area contributed by atoms with Crippen molar-refractivity contribution in [1.82, 2.24) is 0 Å². The van der Waals surface area contributed by atoms with Gasteiger partial charge in [0.25, 0.3) is 0 Å². The van der Waals surface area contributed by atoms with Gasteiger partial charge in [0.2, 0.25) is 7.37 Å². The molecule has 5 heteroatoms. The first-order valence-corrected chi connectivity index (χ1v) is 7.16. The molecule has 1 fully saturated rings. The van der Waals surface area contributed by atoms with Crippen LogP contribution in [0.4, 0.5) is 0 Å². The maximum absolute atomic E-state index is 12.4. The van der Waals surface area contributed by atoms with E-state index in [-0.39, 0.29) is 5.85 Å². The summed E-state index contributed by atoms with van der Waals surface area (Å²) < 4.78 is 23.2.